The lowest BCUT2D eigenvalue weighted by Crippen LogP contribution is -2.12. The smallest absolute Gasteiger partial charge is 0.354 e. The van der Waals surface area contributed by atoms with Crippen LogP contribution < -0.4 is 5.32 Å². The number of nitrogens with one attached hydrogen (secondary N) is 1. The number of carboxylic acids is 1. The fourth-order valence-electron chi connectivity index (χ4n) is 2.30. The number of anilines is 1. The Balaban J connectivity index is 1.94. The zero-order valence-corrected chi connectivity index (χ0v) is 13.1. The quantitative estimate of drug-likeness (QED) is 0.761. The van der Waals surface area contributed by atoms with Gasteiger partial charge in [0.25, 0.3) is 5.91 Å². The van der Waals surface area contributed by atoms with Gasteiger partial charge in [0, 0.05) is 25.0 Å². The fourth-order valence-corrected chi connectivity index (χ4v) is 2.30. The average molecular weight is 340 g/mol. The molecule has 0 fully saturated rings. The number of halogens is 1. The van der Waals surface area contributed by atoms with E-state index < -0.39 is 17.7 Å². The van der Waals surface area contributed by atoms with E-state index in [9.17, 15) is 14.0 Å². The summed E-state index contributed by atoms with van der Waals surface area (Å²) in [6.45, 7) is 0. The summed E-state index contributed by atoms with van der Waals surface area (Å²) in [5.41, 5.74) is 1.25. The Morgan fingerprint density at radius 2 is 2.00 bits per heavy atom. The highest BCUT2D eigenvalue weighted by molar-refractivity contribution is 6.04. The van der Waals surface area contributed by atoms with Gasteiger partial charge in [-0.15, -0.1) is 0 Å². The maximum absolute atomic E-state index is 13.9. The molecule has 0 spiro atoms. The minimum atomic E-state index is -1.19. The van der Waals surface area contributed by atoms with Crippen LogP contribution in [0.5, 0.6) is 0 Å². The van der Waals surface area contributed by atoms with Gasteiger partial charge in [0.15, 0.2) is 0 Å². The number of amides is 1. The normalized spacial score (nSPS) is 10.5. The lowest BCUT2D eigenvalue weighted by Gasteiger charge is -2.07. The second-order valence-electron chi connectivity index (χ2n) is 5.32. The minimum absolute atomic E-state index is 0.104. The van der Waals surface area contributed by atoms with Crippen molar-refractivity contribution in [3.05, 3.63) is 66.0 Å². The maximum Gasteiger partial charge on any atom is 0.354 e. The number of aromatic carboxylic acids is 1. The van der Waals surface area contributed by atoms with E-state index in [2.05, 4.69) is 15.4 Å². The third kappa shape index (κ3) is 3.69. The molecular formula is C17H13FN4O3. The van der Waals surface area contributed by atoms with Gasteiger partial charge in [0.05, 0.1) is 11.9 Å². The summed E-state index contributed by atoms with van der Waals surface area (Å²) < 4.78 is 15.5. The number of aryl methyl sites for hydroxylation is 1. The Labute approximate surface area is 141 Å². The molecule has 7 nitrogen and oxygen atoms in total. The third-order valence-electron chi connectivity index (χ3n) is 3.44. The van der Waals surface area contributed by atoms with E-state index in [1.807, 2.05) is 0 Å². The average Bonchev–Trinajstić information content (AvgIpc) is 2.99. The Hall–Kier alpha value is -3.55. The maximum atomic E-state index is 13.9. The summed E-state index contributed by atoms with van der Waals surface area (Å²) in [6.07, 6.45) is 4.40. The van der Waals surface area contributed by atoms with Gasteiger partial charge in [0.2, 0.25) is 0 Å². The number of hydrogen-bond donors (Lipinski definition) is 2. The van der Waals surface area contributed by atoms with E-state index in [4.69, 9.17) is 5.11 Å². The van der Waals surface area contributed by atoms with Crippen molar-refractivity contribution < 1.29 is 19.1 Å². The van der Waals surface area contributed by atoms with E-state index in [1.54, 1.807) is 19.3 Å². The van der Waals surface area contributed by atoms with Crippen LogP contribution in [0, 0.1) is 5.82 Å². The number of benzene rings is 1. The second-order valence-corrected chi connectivity index (χ2v) is 5.32. The monoisotopic (exact) mass is 340 g/mol. The summed E-state index contributed by atoms with van der Waals surface area (Å²) in [5, 5.41) is 15.6. The lowest BCUT2D eigenvalue weighted by molar-refractivity contribution is 0.0690. The fraction of sp³-hybridized carbons (Fsp3) is 0.0588. The molecule has 25 heavy (non-hydrogen) atoms. The predicted molar refractivity (Wildman–Crippen MR) is 87.8 cm³/mol. The van der Waals surface area contributed by atoms with Crippen LogP contribution in [0.4, 0.5) is 10.1 Å². The molecule has 0 aliphatic rings. The summed E-state index contributed by atoms with van der Waals surface area (Å²) >= 11 is 0. The van der Waals surface area contributed by atoms with Crippen molar-refractivity contribution in [3.63, 3.8) is 0 Å². The van der Waals surface area contributed by atoms with Gasteiger partial charge < -0.3 is 10.4 Å². The highest BCUT2D eigenvalue weighted by atomic mass is 19.1. The van der Waals surface area contributed by atoms with Crippen LogP contribution in [0.3, 0.4) is 0 Å². The summed E-state index contributed by atoms with van der Waals surface area (Å²) in [5.74, 6) is -2.29. The molecule has 2 N–H and O–H groups in total. The van der Waals surface area contributed by atoms with Crippen LogP contribution in [0.2, 0.25) is 0 Å². The topological polar surface area (TPSA) is 97.1 Å². The largest absolute Gasteiger partial charge is 0.477 e. The second kappa shape index (κ2) is 6.52. The molecule has 8 heteroatoms. The Morgan fingerprint density at radius 1 is 1.20 bits per heavy atom. The first kappa shape index (κ1) is 16.3. The number of carboxylic acid groups (broad SMARTS) is 1. The van der Waals surface area contributed by atoms with E-state index in [1.165, 1.54) is 35.3 Å². The van der Waals surface area contributed by atoms with Crippen LogP contribution >= 0.6 is 0 Å². The molecule has 0 saturated carbocycles. The van der Waals surface area contributed by atoms with Crippen molar-refractivity contribution in [1.82, 2.24) is 14.8 Å². The van der Waals surface area contributed by atoms with Gasteiger partial charge in [-0.25, -0.2) is 14.2 Å². The van der Waals surface area contributed by atoms with Crippen molar-refractivity contribution in [2.24, 2.45) is 7.05 Å². The Kier molecular flexibility index (Phi) is 4.25. The number of aromatic nitrogens is 3. The zero-order valence-electron chi connectivity index (χ0n) is 13.1. The number of hydrogen-bond acceptors (Lipinski definition) is 4. The molecule has 2 heterocycles. The SMILES string of the molecule is Cn1cc(NC(=O)c2cc(F)cc(-c3ccnc(C(=O)O)c3)c2)cn1. The summed E-state index contributed by atoms with van der Waals surface area (Å²) in [4.78, 5) is 27.1. The van der Waals surface area contributed by atoms with Crippen LogP contribution in [0.15, 0.2) is 48.9 Å². The standard InChI is InChI=1S/C17H13FN4O3/c1-22-9-14(8-20-22)21-16(23)12-4-11(5-13(18)6-12)10-2-3-19-15(7-10)17(24)25/h2-9H,1H3,(H,21,23)(H,24,25). The van der Waals surface area contributed by atoms with Crippen molar-refractivity contribution in [2.75, 3.05) is 5.32 Å². The van der Waals surface area contributed by atoms with Crippen LogP contribution in [0.25, 0.3) is 11.1 Å². The molecule has 3 rings (SSSR count). The van der Waals surface area contributed by atoms with Gasteiger partial charge in [-0.3, -0.25) is 9.48 Å². The van der Waals surface area contributed by atoms with Crippen LogP contribution in [-0.2, 0) is 7.05 Å². The number of nitrogens with zero attached hydrogens (tertiary/aromatic N) is 3. The first-order valence-corrected chi connectivity index (χ1v) is 7.23. The number of rotatable bonds is 4. The predicted octanol–water partition coefficient (Wildman–Crippen LogP) is 2.57. The highest BCUT2D eigenvalue weighted by Gasteiger charge is 2.13. The molecule has 126 valence electrons. The minimum Gasteiger partial charge on any atom is -0.477 e. The van der Waals surface area contributed by atoms with E-state index in [-0.39, 0.29) is 11.3 Å². The Bertz CT molecular complexity index is 968. The molecule has 2 aromatic heterocycles. The molecule has 0 unspecified atom stereocenters. The van der Waals surface area contributed by atoms with Gasteiger partial charge in [-0.1, -0.05) is 0 Å². The van der Waals surface area contributed by atoms with E-state index in [0.29, 0.717) is 16.8 Å². The molecule has 0 atom stereocenters. The molecule has 1 aromatic carbocycles. The van der Waals surface area contributed by atoms with Gasteiger partial charge in [-0.05, 0) is 41.5 Å². The van der Waals surface area contributed by atoms with Crippen LogP contribution in [-0.4, -0.2) is 31.7 Å². The molecule has 0 aliphatic heterocycles. The van der Waals surface area contributed by atoms with Gasteiger partial charge in [0.1, 0.15) is 11.5 Å². The summed E-state index contributed by atoms with van der Waals surface area (Å²) in [6, 6.07) is 6.68. The van der Waals surface area contributed by atoms with Crippen molar-refractivity contribution in [1.29, 1.82) is 0 Å². The van der Waals surface area contributed by atoms with Crippen molar-refractivity contribution >= 4 is 17.6 Å². The van der Waals surface area contributed by atoms with Gasteiger partial charge in [-0.2, -0.15) is 5.10 Å². The zero-order chi connectivity index (χ0) is 18.0. The molecule has 0 bridgehead atoms. The molecule has 0 radical (unpaired) electrons. The van der Waals surface area contributed by atoms with E-state index >= 15 is 0 Å². The number of carbonyl (C=O) groups is 2. The van der Waals surface area contributed by atoms with E-state index in [0.717, 1.165) is 6.07 Å². The Morgan fingerprint density at radius 3 is 2.68 bits per heavy atom. The number of pyridine rings is 1. The van der Waals surface area contributed by atoms with Crippen molar-refractivity contribution in [3.8, 4) is 11.1 Å². The first-order chi connectivity index (χ1) is 11.9. The molecule has 3 aromatic rings. The first-order valence-electron chi connectivity index (χ1n) is 7.23. The van der Waals surface area contributed by atoms with Crippen molar-refractivity contribution in [2.45, 2.75) is 0 Å². The highest BCUT2D eigenvalue weighted by Crippen LogP contribution is 2.23. The summed E-state index contributed by atoms with van der Waals surface area (Å²) in [7, 11) is 1.71. The molecular weight excluding hydrogens is 327 g/mol. The third-order valence-corrected chi connectivity index (χ3v) is 3.44. The van der Waals surface area contributed by atoms with Crippen LogP contribution in [0.1, 0.15) is 20.8 Å². The molecule has 0 saturated heterocycles. The number of carbonyl (C=O) groups excluding carboxylic acids is 1. The van der Waals surface area contributed by atoms with Gasteiger partial charge >= 0.3 is 5.97 Å². The lowest BCUT2D eigenvalue weighted by atomic mass is 10.0. The molecule has 1 amide bonds. The molecule has 0 aliphatic carbocycles.